The molecule has 1 aromatic heterocycles. The molecule has 0 fully saturated rings. The van der Waals surface area contributed by atoms with E-state index < -0.39 is 0 Å². The van der Waals surface area contributed by atoms with Crippen LogP contribution in [0.25, 0.3) is 10.9 Å². The van der Waals surface area contributed by atoms with E-state index in [0.29, 0.717) is 10.8 Å². The number of hydrogen-bond acceptors (Lipinski definition) is 3. The van der Waals surface area contributed by atoms with Gasteiger partial charge in [0.2, 0.25) is 0 Å². The number of hydrogen-bond donors (Lipinski definition) is 1. The van der Waals surface area contributed by atoms with Gasteiger partial charge in [-0.3, -0.25) is 4.79 Å². The zero-order valence-corrected chi connectivity index (χ0v) is 17.8. The summed E-state index contributed by atoms with van der Waals surface area (Å²) in [4.78, 5) is 12.1. The zero-order valence-electron chi connectivity index (χ0n) is 17.1. The van der Waals surface area contributed by atoms with Crippen LogP contribution in [-0.2, 0) is 11.3 Å². The van der Waals surface area contributed by atoms with Crippen LogP contribution in [-0.4, -0.2) is 23.3 Å². The molecule has 0 saturated carbocycles. The number of ether oxygens (including phenoxy) is 1. The van der Waals surface area contributed by atoms with E-state index in [1.807, 2.05) is 30.3 Å². The summed E-state index contributed by atoms with van der Waals surface area (Å²) >= 11 is 5.92. The first-order valence-corrected chi connectivity index (χ1v) is 10.3. The molecular weight excluding hydrogens is 410 g/mol. The quantitative estimate of drug-likeness (QED) is 0.324. The Hall–Kier alpha value is -3.57. The molecule has 3 aromatic carbocycles. The molecule has 0 spiro atoms. The molecule has 0 unspecified atom stereocenters. The van der Waals surface area contributed by atoms with Gasteiger partial charge in [0.05, 0.1) is 6.21 Å². The SMILES string of the molecule is Cc1c(/C=N\NC(=O)COc2cccc(Cl)c2)c2ccccc2n1Cc1ccccc1. The van der Waals surface area contributed by atoms with Crippen LogP contribution in [0.5, 0.6) is 5.75 Å². The Morgan fingerprint density at radius 1 is 1.06 bits per heavy atom. The normalized spacial score (nSPS) is 11.2. The average Bonchev–Trinajstić information content (AvgIpc) is 3.04. The number of hydrazone groups is 1. The van der Waals surface area contributed by atoms with Crippen molar-refractivity contribution in [1.29, 1.82) is 0 Å². The van der Waals surface area contributed by atoms with E-state index in [9.17, 15) is 4.79 Å². The third-order valence-electron chi connectivity index (χ3n) is 5.01. The molecule has 4 rings (SSSR count). The van der Waals surface area contributed by atoms with Crippen molar-refractivity contribution in [3.05, 3.63) is 101 Å². The van der Waals surface area contributed by atoms with Crippen LogP contribution in [0.2, 0.25) is 5.02 Å². The molecule has 0 bridgehead atoms. The third kappa shape index (κ3) is 4.95. The van der Waals surface area contributed by atoms with Gasteiger partial charge in [0.15, 0.2) is 6.61 Å². The predicted molar refractivity (Wildman–Crippen MR) is 125 cm³/mol. The smallest absolute Gasteiger partial charge is 0.277 e. The summed E-state index contributed by atoms with van der Waals surface area (Å²) in [7, 11) is 0. The van der Waals surface area contributed by atoms with E-state index in [1.54, 1.807) is 30.5 Å². The number of halogens is 1. The van der Waals surface area contributed by atoms with Crippen molar-refractivity contribution >= 4 is 34.6 Å². The molecule has 0 aliphatic carbocycles. The maximum Gasteiger partial charge on any atom is 0.277 e. The highest BCUT2D eigenvalue weighted by Crippen LogP contribution is 2.25. The number of fused-ring (bicyclic) bond motifs is 1. The molecule has 1 amide bonds. The van der Waals surface area contributed by atoms with Gasteiger partial charge in [-0.15, -0.1) is 0 Å². The van der Waals surface area contributed by atoms with Crippen LogP contribution >= 0.6 is 11.6 Å². The van der Waals surface area contributed by atoms with Crippen molar-refractivity contribution in [2.75, 3.05) is 6.61 Å². The molecule has 0 saturated heterocycles. The van der Waals surface area contributed by atoms with Crippen molar-refractivity contribution in [1.82, 2.24) is 9.99 Å². The number of benzene rings is 3. The molecule has 0 radical (unpaired) electrons. The minimum atomic E-state index is -0.345. The van der Waals surface area contributed by atoms with E-state index in [1.165, 1.54) is 5.56 Å². The minimum Gasteiger partial charge on any atom is -0.484 e. The summed E-state index contributed by atoms with van der Waals surface area (Å²) in [6, 6.07) is 25.4. The Bertz CT molecular complexity index is 1230. The van der Waals surface area contributed by atoms with Crippen LogP contribution in [0.3, 0.4) is 0 Å². The average molecular weight is 432 g/mol. The number of para-hydroxylation sites is 1. The highest BCUT2D eigenvalue weighted by atomic mass is 35.5. The number of nitrogens with zero attached hydrogens (tertiary/aromatic N) is 2. The van der Waals surface area contributed by atoms with E-state index in [4.69, 9.17) is 16.3 Å². The number of aromatic nitrogens is 1. The summed E-state index contributed by atoms with van der Waals surface area (Å²) in [5, 5.41) is 5.80. The fourth-order valence-electron chi connectivity index (χ4n) is 3.50. The van der Waals surface area contributed by atoms with Crippen LogP contribution in [0.4, 0.5) is 0 Å². The van der Waals surface area contributed by atoms with Crippen molar-refractivity contribution < 1.29 is 9.53 Å². The monoisotopic (exact) mass is 431 g/mol. The molecule has 0 atom stereocenters. The zero-order chi connectivity index (χ0) is 21.6. The lowest BCUT2D eigenvalue weighted by Crippen LogP contribution is -2.24. The Labute approximate surface area is 185 Å². The lowest BCUT2D eigenvalue weighted by Gasteiger charge is -2.08. The summed E-state index contributed by atoms with van der Waals surface area (Å²) < 4.78 is 7.70. The number of rotatable bonds is 7. The summed E-state index contributed by atoms with van der Waals surface area (Å²) in [5.74, 6) is 0.188. The first kappa shape index (κ1) is 20.7. The molecule has 4 aromatic rings. The lowest BCUT2D eigenvalue weighted by molar-refractivity contribution is -0.123. The molecule has 5 nitrogen and oxygen atoms in total. The Kier molecular flexibility index (Phi) is 6.34. The number of amides is 1. The van der Waals surface area contributed by atoms with Gasteiger partial charge in [0.25, 0.3) is 5.91 Å². The fraction of sp³-hybridized carbons (Fsp3) is 0.120. The molecule has 1 N–H and O–H groups in total. The van der Waals surface area contributed by atoms with E-state index in [2.05, 4.69) is 46.3 Å². The second kappa shape index (κ2) is 9.49. The van der Waals surface area contributed by atoms with Gasteiger partial charge < -0.3 is 9.30 Å². The molecule has 0 aliphatic heterocycles. The topological polar surface area (TPSA) is 55.6 Å². The molecule has 156 valence electrons. The highest BCUT2D eigenvalue weighted by Gasteiger charge is 2.12. The second-order valence-corrected chi connectivity index (χ2v) is 7.56. The molecule has 31 heavy (non-hydrogen) atoms. The Balaban J connectivity index is 1.48. The second-order valence-electron chi connectivity index (χ2n) is 7.13. The van der Waals surface area contributed by atoms with Crippen molar-refractivity contribution in [3.63, 3.8) is 0 Å². The first-order chi connectivity index (χ1) is 15.1. The van der Waals surface area contributed by atoms with Gasteiger partial charge in [0, 0.05) is 33.7 Å². The predicted octanol–water partition coefficient (Wildman–Crippen LogP) is 5.18. The number of nitrogens with one attached hydrogen (secondary N) is 1. The maximum absolute atomic E-state index is 12.1. The summed E-state index contributed by atoms with van der Waals surface area (Å²) in [5.41, 5.74) is 6.94. The lowest BCUT2D eigenvalue weighted by atomic mass is 10.1. The minimum absolute atomic E-state index is 0.146. The molecule has 6 heteroatoms. The van der Waals surface area contributed by atoms with Crippen molar-refractivity contribution in [2.24, 2.45) is 5.10 Å². The highest BCUT2D eigenvalue weighted by molar-refractivity contribution is 6.30. The molecule has 0 aliphatic rings. The van der Waals surface area contributed by atoms with Crippen LogP contribution in [0.15, 0.2) is 84.0 Å². The standard InChI is InChI=1S/C25H22ClN3O2/c1-18-23(15-27-28-25(30)17-31-21-11-7-10-20(26)14-21)22-12-5-6-13-24(22)29(18)16-19-8-3-2-4-9-19/h2-15H,16-17H2,1H3,(H,28,30)/b27-15-. The largest absolute Gasteiger partial charge is 0.484 e. The Morgan fingerprint density at radius 2 is 1.84 bits per heavy atom. The van der Waals surface area contributed by atoms with Crippen molar-refractivity contribution in [3.8, 4) is 5.75 Å². The Morgan fingerprint density at radius 3 is 2.65 bits per heavy atom. The van der Waals surface area contributed by atoms with E-state index >= 15 is 0 Å². The third-order valence-corrected chi connectivity index (χ3v) is 5.25. The van der Waals surface area contributed by atoms with Gasteiger partial charge in [0.1, 0.15) is 5.75 Å². The van der Waals surface area contributed by atoms with Crippen LogP contribution in [0.1, 0.15) is 16.8 Å². The van der Waals surface area contributed by atoms with Gasteiger partial charge in [-0.1, -0.05) is 66.2 Å². The van der Waals surface area contributed by atoms with Gasteiger partial charge >= 0.3 is 0 Å². The van der Waals surface area contributed by atoms with Gasteiger partial charge in [-0.2, -0.15) is 5.10 Å². The van der Waals surface area contributed by atoms with Crippen LogP contribution < -0.4 is 10.2 Å². The first-order valence-electron chi connectivity index (χ1n) is 9.94. The summed E-state index contributed by atoms with van der Waals surface area (Å²) in [6.45, 7) is 2.68. The number of carbonyl (C=O) groups is 1. The van der Waals surface area contributed by atoms with Crippen LogP contribution in [0, 0.1) is 6.92 Å². The fourth-order valence-corrected chi connectivity index (χ4v) is 3.68. The number of carbonyl (C=O) groups excluding carboxylic acids is 1. The van der Waals surface area contributed by atoms with Gasteiger partial charge in [-0.25, -0.2) is 5.43 Å². The van der Waals surface area contributed by atoms with Crippen molar-refractivity contribution in [2.45, 2.75) is 13.5 Å². The van der Waals surface area contributed by atoms with E-state index in [-0.39, 0.29) is 12.5 Å². The summed E-state index contributed by atoms with van der Waals surface area (Å²) in [6.07, 6.45) is 1.69. The maximum atomic E-state index is 12.1. The molecule has 1 heterocycles. The van der Waals surface area contributed by atoms with Gasteiger partial charge in [-0.05, 0) is 36.8 Å². The van der Waals surface area contributed by atoms with E-state index in [0.717, 1.165) is 28.7 Å². The molecular formula is C25H22ClN3O2.